The molecule has 2 aromatic rings. The van der Waals surface area contributed by atoms with Gasteiger partial charge in [-0.25, -0.2) is 4.98 Å². The lowest BCUT2D eigenvalue weighted by atomic mass is 10.0. The molecule has 4 nitrogen and oxygen atoms in total. The van der Waals surface area contributed by atoms with E-state index in [0.29, 0.717) is 6.04 Å². The molecule has 1 aliphatic heterocycles. The van der Waals surface area contributed by atoms with E-state index >= 15 is 0 Å². The van der Waals surface area contributed by atoms with Gasteiger partial charge in [-0.2, -0.15) is 4.98 Å². The van der Waals surface area contributed by atoms with Crippen molar-refractivity contribution in [2.45, 2.75) is 38.6 Å². The normalized spacial score (nSPS) is 18.3. The third-order valence-electron chi connectivity index (χ3n) is 4.46. The van der Waals surface area contributed by atoms with E-state index < -0.39 is 0 Å². The zero-order valence-electron chi connectivity index (χ0n) is 13.4. The molecule has 0 bridgehead atoms. The summed E-state index contributed by atoms with van der Waals surface area (Å²) in [6, 6.07) is 12.9. The van der Waals surface area contributed by atoms with Gasteiger partial charge in [0.1, 0.15) is 5.82 Å². The van der Waals surface area contributed by atoms with Crippen LogP contribution in [0.1, 0.15) is 32.6 Å². The number of hydrogen-bond donors (Lipinski definition) is 0. The smallest absolute Gasteiger partial charge is 0.231 e. The summed E-state index contributed by atoms with van der Waals surface area (Å²) in [5.74, 6) is 1.81. The molecule has 1 unspecified atom stereocenters. The first-order valence-corrected chi connectivity index (χ1v) is 8.18. The van der Waals surface area contributed by atoms with Crippen molar-refractivity contribution in [2.75, 3.05) is 23.4 Å². The van der Waals surface area contributed by atoms with Crippen molar-refractivity contribution in [3.8, 4) is 0 Å². The summed E-state index contributed by atoms with van der Waals surface area (Å²) in [7, 11) is 2.02. The minimum atomic E-state index is 0.610. The van der Waals surface area contributed by atoms with Gasteiger partial charge >= 0.3 is 0 Å². The predicted molar refractivity (Wildman–Crippen MR) is 91.8 cm³/mol. The molecular formula is C18H24N4. The third-order valence-corrected chi connectivity index (χ3v) is 4.46. The first-order valence-electron chi connectivity index (χ1n) is 8.18. The van der Waals surface area contributed by atoms with Crippen LogP contribution < -0.4 is 9.80 Å². The van der Waals surface area contributed by atoms with E-state index in [-0.39, 0.29) is 0 Å². The summed E-state index contributed by atoms with van der Waals surface area (Å²) >= 11 is 0. The van der Waals surface area contributed by atoms with Crippen molar-refractivity contribution >= 4 is 17.5 Å². The zero-order valence-corrected chi connectivity index (χ0v) is 13.4. The van der Waals surface area contributed by atoms with Crippen LogP contribution >= 0.6 is 0 Å². The van der Waals surface area contributed by atoms with E-state index in [1.807, 2.05) is 42.4 Å². The molecule has 0 saturated carbocycles. The molecule has 1 fully saturated rings. The number of aromatic nitrogens is 2. The molecule has 0 amide bonds. The third kappa shape index (κ3) is 3.06. The fraction of sp³-hybridized carbons (Fsp3) is 0.444. The van der Waals surface area contributed by atoms with Gasteiger partial charge in [-0.1, -0.05) is 25.1 Å². The first kappa shape index (κ1) is 14.8. The van der Waals surface area contributed by atoms with Gasteiger partial charge in [0.25, 0.3) is 0 Å². The van der Waals surface area contributed by atoms with Crippen LogP contribution in [0.25, 0.3) is 0 Å². The summed E-state index contributed by atoms with van der Waals surface area (Å²) in [4.78, 5) is 13.7. The maximum atomic E-state index is 4.81. The molecule has 22 heavy (non-hydrogen) atoms. The second-order valence-electron chi connectivity index (χ2n) is 5.86. The van der Waals surface area contributed by atoms with Crippen LogP contribution in [0.2, 0.25) is 0 Å². The van der Waals surface area contributed by atoms with Crippen LogP contribution in [0.15, 0.2) is 42.6 Å². The Kier molecular flexibility index (Phi) is 4.56. The summed E-state index contributed by atoms with van der Waals surface area (Å²) < 4.78 is 0. The average molecular weight is 296 g/mol. The standard InChI is InChI=1S/C18H24N4/c1-3-15-9-7-8-14-22(15)17-12-13-19-18(20-17)21(2)16-10-5-4-6-11-16/h4-6,10-13,15H,3,7-9,14H2,1-2H3. The number of piperidine rings is 1. The number of nitrogens with zero attached hydrogens (tertiary/aromatic N) is 4. The SMILES string of the molecule is CCC1CCCCN1c1ccnc(N(C)c2ccccc2)n1. The Bertz CT molecular complexity index is 599. The first-order chi connectivity index (χ1) is 10.8. The highest BCUT2D eigenvalue weighted by Crippen LogP contribution is 2.27. The van der Waals surface area contributed by atoms with Gasteiger partial charge < -0.3 is 9.80 Å². The lowest BCUT2D eigenvalue weighted by Gasteiger charge is -2.36. The van der Waals surface area contributed by atoms with Gasteiger partial charge in [-0.3, -0.25) is 0 Å². The molecular weight excluding hydrogens is 272 g/mol. The molecule has 1 aromatic heterocycles. The van der Waals surface area contributed by atoms with Crippen molar-refractivity contribution < 1.29 is 0 Å². The number of para-hydroxylation sites is 1. The van der Waals surface area contributed by atoms with Gasteiger partial charge in [0.2, 0.25) is 5.95 Å². The van der Waals surface area contributed by atoms with Gasteiger partial charge in [0, 0.05) is 31.5 Å². The van der Waals surface area contributed by atoms with Gasteiger partial charge in [-0.15, -0.1) is 0 Å². The maximum absolute atomic E-state index is 4.81. The molecule has 3 rings (SSSR count). The fourth-order valence-electron chi connectivity index (χ4n) is 3.15. The second kappa shape index (κ2) is 6.77. The predicted octanol–water partition coefficient (Wildman–Crippen LogP) is 4.01. The minimum Gasteiger partial charge on any atom is -0.353 e. The van der Waals surface area contributed by atoms with Crippen LogP contribution in [0, 0.1) is 0 Å². The zero-order chi connectivity index (χ0) is 15.4. The Labute approximate surface area is 132 Å². The second-order valence-corrected chi connectivity index (χ2v) is 5.86. The Hall–Kier alpha value is -2.10. The number of anilines is 3. The number of hydrogen-bond acceptors (Lipinski definition) is 4. The van der Waals surface area contributed by atoms with Crippen LogP contribution in [0.5, 0.6) is 0 Å². The quantitative estimate of drug-likeness (QED) is 0.853. The van der Waals surface area contributed by atoms with Gasteiger partial charge in [0.05, 0.1) is 0 Å². The van der Waals surface area contributed by atoms with Crippen molar-refractivity contribution in [1.82, 2.24) is 9.97 Å². The van der Waals surface area contributed by atoms with E-state index in [0.717, 1.165) is 24.0 Å². The fourth-order valence-corrected chi connectivity index (χ4v) is 3.15. The molecule has 0 spiro atoms. The van der Waals surface area contributed by atoms with Crippen molar-refractivity contribution in [1.29, 1.82) is 0 Å². The summed E-state index contributed by atoms with van der Waals surface area (Å²) in [5, 5.41) is 0. The van der Waals surface area contributed by atoms with Crippen molar-refractivity contribution in [3.05, 3.63) is 42.6 Å². The Morgan fingerprint density at radius 2 is 2.00 bits per heavy atom. The van der Waals surface area contributed by atoms with E-state index in [4.69, 9.17) is 4.98 Å². The molecule has 1 atom stereocenters. The van der Waals surface area contributed by atoms with Gasteiger partial charge in [-0.05, 0) is 43.9 Å². The lowest BCUT2D eigenvalue weighted by molar-refractivity contribution is 0.446. The van der Waals surface area contributed by atoms with E-state index in [2.05, 4.69) is 28.9 Å². The molecule has 116 valence electrons. The maximum Gasteiger partial charge on any atom is 0.231 e. The molecule has 0 radical (unpaired) electrons. The molecule has 2 heterocycles. The molecule has 4 heteroatoms. The van der Waals surface area contributed by atoms with E-state index in [1.165, 1.54) is 25.7 Å². The Morgan fingerprint density at radius 1 is 1.18 bits per heavy atom. The highest BCUT2D eigenvalue weighted by molar-refractivity contribution is 5.57. The summed E-state index contributed by atoms with van der Waals surface area (Å²) in [6.45, 7) is 3.37. The number of benzene rings is 1. The van der Waals surface area contributed by atoms with Crippen LogP contribution in [0.4, 0.5) is 17.5 Å². The molecule has 0 N–H and O–H groups in total. The van der Waals surface area contributed by atoms with Crippen LogP contribution in [-0.2, 0) is 0 Å². The minimum absolute atomic E-state index is 0.610. The highest BCUT2D eigenvalue weighted by atomic mass is 15.3. The van der Waals surface area contributed by atoms with Crippen LogP contribution in [-0.4, -0.2) is 29.6 Å². The molecule has 1 aliphatic rings. The Balaban J connectivity index is 1.86. The van der Waals surface area contributed by atoms with Crippen LogP contribution in [0.3, 0.4) is 0 Å². The summed E-state index contributed by atoms with van der Waals surface area (Å²) in [5.41, 5.74) is 1.10. The monoisotopic (exact) mass is 296 g/mol. The van der Waals surface area contributed by atoms with Crippen molar-refractivity contribution in [3.63, 3.8) is 0 Å². The summed E-state index contributed by atoms with van der Waals surface area (Å²) in [6.07, 6.45) is 6.90. The molecule has 1 aromatic carbocycles. The Morgan fingerprint density at radius 3 is 2.77 bits per heavy atom. The average Bonchev–Trinajstić information content (AvgIpc) is 2.62. The van der Waals surface area contributed by atoms with E-state index in [9.17, 15) is 0 Å². The lowest BCUT2D eigenvalue weighted by Crippen LogP contribution is -2.39. The number of rotatable bonds is 4. The van der Waals surface area contributed by atoms with E-state index in [1.54, 1.807) is 0 Å². The molecule has 1 saturated heterocycles. The molecule has 0 aliphatic carbocycles. The largest absolute Gasteiger partial charge is 0.353 e. The van der Waals surface area contributed by atoms with Gasteiger partial charge in [0.15, 0.2) is 0 Å². The highest BCUT2D eigenvalue weighted by Gasteiger charge is 2.22. The van der Waals surface area contributed by atoms with Crippen molar-refractivity contribution in [2.24, 2.45) is 0 Å². The topological polar surface area (TPSA) is 32.3 Å².